The minimum absolute atomic E-state index is 0.0942. The average Bonchev–Trinajstić information content (AvgIpc) is 2.71. The van der Waals surface area contributed by atoms with E-state index in [1.165, 1.54) is 0 Å². The van der Waals surface area contributed by atoms with Gasteiger partial charge in [-0.1, -0.05) is 20.8 Å². The van der Waals surface area contributed by atoms with Crippen LogP contribution >= 0.6 is 0 Å². The summed E-state index contributed by atoms with van der Waals surface area (Å²) in [6, 6.07) is 0. The minimum atomic E-state index is -0.458. The highest BCUT2D eigenvalue weighted by atomic mass is 16.7. The molecule has 0 aromatic heterocycles. The molecule has 4 nitrogen and oxygen atoms in total. The molecule has 1 aliphatic rings. The van der Waals surface area contributed by atoms with Crippen LogP contribution in [0.25, 0.3) is 0 Å². The van der Waals surface area contributed by atoms with Crippen molar-refractivity contribution in [3.05, 3.63) is 0 Å². The van der Waals surface area contributed by atoms with E-state index >= 15 is 0 Å². The first-order valence-electron chi connectivity index (χ1n) is 6.52. The number of carbonyl (C=O) groups is 1. The second-order valence-corrected chi connectivity index (χ2v) is 5.19. The van der Waals surface area contributed by atoms with E-state index in [9.17, 15) is 4.79 Å². The summed E-state index contributed by atoms with van der Waals surface area (Å²) < 4.78 is 11.1. The van der Waals surface area contributed by atoms with E-state index in [2.05, 4.69) is 12.2 Å². The van der Waals surface area contributed by atoms with Gasteiger partial charge in [0.25, 0.3) is 0 Å². The Morgan fingerprint density at radius 2 is 1.94 bits per heavy atom. The van der Waals surface area contributed by atoms with Crippen molar-refractivity contribution >= 4 is 5.91 Å². The van der Waals surface area contributed by atoms with Crippen molar-refractivity contribution in [1.82, 2.24) is 5.32 Å². The van der Waals surface area contributed by atoms with Gasteiger partial charge in [-0.3, -0.25) is 4.79 Å². The van der Waals surface area contributed by atoms with Gasteiger partial charge in [-0.2, -0.15) is 0 Å². The Bertz CT molecular complexity index is 249. The third-order valence-corrected chi connectivity index (χ3v) is 3.30. The number of rotatable bonds is 6. The molecular formula is C13H25NO3. The molecule has 0 aromatic carbocycles. The molecule has 2 atom stereocenters. The van der Waals surface area contributed by atoms with Crippen LogP contribution in [0.15, 0.2) is 0 Å². The Labute approximate surface area is 104 Å². The molecule has 17 heavy (non-hydrogen) atoms. The lowest BCUT2D eigenvalue weighted by atomic mass is 10.0. The number of nitrogens with one attached hydrogen (secondary N) is 1. The number of hydrogen-bond acceptors (Lipinski definition) is 3. The molecule has 1 rings (SSSR count). The molecule has 1 amide bonds. The third kappa shape index (κ3) is 4.64. The first kappa shape index (κ1) is 14.5. The van der Waals surface area contributed by atoms with Crippen LogP contribution in [0.2, 0.25) is 0 Å². The number of amides is 1. The third-order valence-electron chi connectivity index (χ3n) is 3.30. The van der Waals surface area contributed by atoms with Gasteiger partial charge in [-0.25, -0.2) is 0 Å². The van der Waals surface area contributed by atoms with Crippen LogP contribution in [0.4, 0.5) is 0 Å². The molecule has 1 N–H and O–H groups in total. The first-order valence-corrected chi connectivity index (χ1v) is 6.52. The zero-order valence-electron chi connectivity index (χ0n) is 11.4. The fourth-order valence-corrected chi connectivity index (χ4v) is 2.01. The fraction of sp³-hybridized carbons (Fsp3) is 0.923. The van der Waals surface area contributed by atoms with Crippen LogP contribution in [0, 0.1) is 11.8 Å². The quantitative estimate of drug-likeness (QED) is 0.775. The Balaban J connectivity index is 2.25. The Hall–Kier alpha value is -0.610. The van der Waals surface area contributed by atoms with E-state index in [4.69, 9.17) is 9.47 Å². The van der Waals surface area contributed by atoms with Gasteiger partial charge in [0.15, 0.2) is 5.79 Å². The van der Waals surface area contributed by atoms with Gasteiger partial charge in [0.05, 0.1) is 13.2 Å². The summed E-state index contributed by atoms with van der Waals surface area (Å²) in [5, 5.41) is 2.97. The predicted molar refractivity (Wildman–Crippen MR) is 66.6 cm³/mol. The fourth-order valence-electron chi connectivity index (χ4n) is 2.01. The van der Waals surface area contributed by atoms with Crippen molar-refractivity contribution in [2.75, 3.05) is 19.8 Å². The monoisotopic (exact) mass is 243 g/mol. The maximum atomic E-state index is 11.6. The molecule has 100 valence electrons. The topological polar surface area (TPSA) is 47.6 Å². The summed E-state index contributed by atoms with van der Waals surface area (Å²) in [4.78, 5) is 11.6. The van der Waals surface area contributed by atoms with Crippen molar-refractivity contribution in [2.24, 2.45) is 11.8 Å². The van der Waals surface area contributed by atoms with Crippen LogP contribution in [-0.4, -0.2) is 31.5 Å². The van der Waals surface area contributed by atoms with E-state index in [1.54, 1.807) is 0 Å². The molecular weight excluding hydrogens is 218 g/mol. The Morgan fingerprint density at radius 3 is 2.47 bits per heavy atom. The molecule has 0 aromatic rings. The predicted octanol–water partition coefficient (Wildman–Crippen LogP) is 1.94. The summed E-state index contributed by atoms with van der Waals surface area (Å²) in [5.41, 5.74) is 0. The Kier molecular flexibility index (Phi) is 5.40. The molecule has 0 bridgehead atoms. The average molecular weight is 243 g/mol. The van der Waals surface area contributed by atoms with Gasteiger partial charge >= 0.3 is 0 Å². The molecule has 2 unspecified atom stereocenters. The van der Waals surface area contributed by atoms with Crippen LogP contribution in [0.1, 0.15) is 40.5 Å². The van der Waals surface area contributed by atoms with Gasteiger partial charge in [0.1, 0.15) is 0 Å². The SMILES string of the molecule is CCC(C)C(=O)NCC(C)CC1(C)OCCO1. The zero-order chi connectivity index (χ0) is 12.9. The molecule has 0 radical (unpaired) electrons. The molecule has 1 saturated heterocycles. The standard InChI is InChI=1S/C13H25NO3/c1-5-11(3)12(15)14-9-10(2)8-13(4)16-6-7-17-13/h10-11H,5-9H2,1-4H3,(H,14,15). The van der Waals surface area contributed by atoms with Crippen LogP contribution in [0.5, 0.6) is 0 Å². The van der Waals surface area contributed by atoms with E-state index < -0.39 is 5.79 Å². The number of carbonyl (C=O) groups excluding carboxylic acids is 1. The molecule has 0 saturated carbocycles. The summed E-state index contributed by atoms with van der Waals surface area (Å²) in [5.74, 6) is 0.126. The van der Waals surface area contributed by atoms with Crippen LogP contribution in [-0.2, 0) is 14.3 Å². The molecule has 0 aliphatic carbocycles. The van der Waals surface area contributed by atoms with E-state index in [0.29, 0.717) is 25.7 Å². The lowest BCUT2D eigenvalue weighted by molar-refractivity contribution is -0.154. The maximum Gasteiger partial charge on any atom is 0.222 e. The second-order valence-electron chi connectivity index (χ2n) is 5.19. The minimum Gasteiger partial charge on any atom is -0.356 e. The smallest absolute Gasteiger partial charge is 0.222 e. The van der Waals surface area contributed by atoms with Crippen LogP contribution in [0.3, 0.4) is 0 Å². The van der Waals surface area contributed by atoms with Crippen molar-refractivity contribution in [1.29, 1.82) is 0 Å². The number of hydrogen-bond donors (Lipinski definition) is 1. The summed E-state index contributed by atoms with van der Waals surface area (Å²) >= 11 is 0. The van der Waals surface area contributed by atoms with Gasteiger partial charge in [-0.15, -0.1) is 0 Å². The highest BCUT2D eigenvalue weighted by molar-refractivity contribution is 5.78. The van der Waals surface area contributed by atoms with Gasteiger partial charge < -0.3 is 14.8 Å². The highest BCUT2D eigenvalue weighted by Crippen LogP contribution is 2.26. The second kappa shape index (κ2) is 6.36. The zero-order valence-corrected chi connectivity index (χ0v) is 11.4. The van der Waals surface area contributed by atoms with Crippen molar-refractivity contribution in [3.63, 3.8) is 0 Å². The van der Waals surface area contributed by atoms with E-state index in [1.807, 2.05) is 20.8 Å². The summed E-state index contributed by atoms with van der Waals surface area (Å²) in [7, 11) is 0. The highest BCUT2D eigenvalue weighted by Gasteiger charge is 2.32. The molecule has 1 heterocycles. The molecule has 4 heteroatoms. The lowest BCUT2D eigenvalue weighted by Crippen LogP contribution is -2.36. The van der Waals surface area contributed by atoms with Gasteiger partial charge in [0, 0.05) is 18.9 Å². The van der Waals surface area contributed by atoms with Crippen LogP contribution < -0.4 is 5.32 Å². The van der Waals surface area contributed by atoms with E-state index in [-0.39, 0.29) is 11.8 Å². The largest absolute Gasteiger partial charge is 0.356 e. The molecule has 1 aliphatic heterocycles. The molecule has 1 fully saturated rings. The summed E-state index contributed by atoms with van der Waals surface area (Å²) in [6.45, 7) is 10.1. The Morgan fingerprint density at radius 1 is 1.35 bits per heavy atom. The van der Waals surface area contributed by atoms with E-state index in [0.717, 1.165) is 12.8 Å². The first-order chi connectivity index (χ1) is 7.97. The molecule has 0 spiro atoms. The lowest BCUT2D eigenvalue weighted by Gasteiger charge is -2.26. The maximum absolute atomic E-state index is 11.6. The van der Waals surface area contributed by atoms with Crippen molar-refractivity contribution in [2.45, 2.75) is 46.3 Å². The van der Waals surface area contributed by atoms with Gasteiger partial charge in [-0.05, 0) is 19.3 Å². The van der Waals surface area contributed by atoms with Crippen molar-refractivity contribution in [3.8, 4) is 0 Å². The van der Waals surface area contributed by atoms with Gasteiger partial charge in [0.2, 0.25) is 5.91 Å². The van der Waals surface area contributed by atoms with Crippen molar-refractivity contribution < 1.29 is 14.3 Å². The summed E-state index contributed by atoms with van der Waals surface area (Å²) in [6.07, 6.45) is 1.69. The number of ether oxygens (including phenoxy) is 2. The normalized spacial score (nSPS) is 22.1.